The number of sulfone groups is 1. The molecule has 6 saturated heterocycles. The van der Waals surface area contributed by atoms with E-state index in [9.17, 15) is 22.8 Å². The summed E-state index contributed by atoms with van der Waals surface area (Å²) in [6.07, 6.45) is 2.87. The molecule has 6 spiro atoms. The van der Waals surface area contributed by atoms with Gasteiger partial charge in [-0.05, 0) is 114 Å². The molecular formula is C59H105N5O5Re2S-4. The van der Waals surface area contributed by atoms with Gasteiger partial charge in [-0.15, -0.1) is 26.2 Å². The number of fused-ring (bicyclic) bond motifs is 3. The first-order valence-corrected chi connectivity index (χ1v) is 28.3. The second-order valence-electron chi connectivity index (χ2n) is 31.9. The largest absolute Gasteiger partial charge is 0.661 e. The van der Waals surface area contributed by atoms with Gasteiger partial charge in [0, 0.05) is 98.8 Å². The molecule has 3 aliphatic carbocycles. The third-order valence-electron chi connectivity index (χ3n) is 22.0. The van der Waals surface area contributed by atoms with Gasteiger partial charge in [0.05, 0.1) is 29.6 Å². The molecular weight excluding hydrogens is 1260 g/mol. The number of carbonyl (C=O) groups is 3. The normalized spacial score (nSPS) is 34.6. The zero-order chi connectivity index (χ0) is 52.1. The van der Waals surface area contributed by atoms with Crippen molar-refractivity contribution in [3.05, 3.63) is 25.5 Å². The fourth-order valence-corrected chi connectivity index (χ4v) is 19.3. The van der Waals surface area contributed by atoms with Crippen molar-refractivity contribution < 1.29 is 63.6 Å². The molecule has 6 aliphatic heterocycles. The molecule has 0 aromatic rings. The van der Waals surface area contributed by atoms with Crippen molar-refractivity contribution in [2.24, 2.45) is 65.0 Å². The van der Waals surface area contributed by atoms with Crippen LogP contribution in [-0.2, 0) is 65.1 Å². The Kier molecular flexibility index (Phi) is 17.1. The van der Waals surface area contributed by atoms with Gasteiger partial charge in [-0.2, -0.15) is 0 Å². The van der Waals surface area contributed by atoms with E-state index in [1.54, 1.807) is 0 Å². The van der Waals surface area contributed by atoms with E-state index >= 15 is 0 Å². The fourth-order valence-electron chi connectivity index (χ4n) is 16.6. The van der Waals surface area contributed by atoms with E-state index in [4.69, 9.17) is 0 Å². The van der Waals surface area contributed by atoms with Crippen LogP contribution >= 0.6 is 0 Å². The Morgan fingerprint density at radius 3 is 0.764 bits per heavy atom. The molecule has 0 aromatic heterocycles. The average molecular weight is 1370 g/mol. The van der Waals surface area contributed by atoms with Gasteiger partial charge in [-0.25, -0.2) is 8.42 Å². The molecule has 0 amide bonds. The number of ketones is 3. The SMILES string of the molecule is CC(C)(C)C(=O)[C@@H]1CC2(CN1C(C)(C)C)C(C)(C)C21CS(=O)(=O)C1.CC(C)(C)C(=O)[C@@H]1C[C@@]2(CN1C(C)(C)C)C(C)(C)C21C[N-]C1.CC(C)(C)C(=O)[C@@H]1C[C@]2(CN1C(C)(C)C)C(C)(C)C21C[N-]C1.[CH3-].[CH3-].[Re].[Re]. The van der Waals surface area contributed by atoms with Crippen molar-refractivity contribution in [3.63, 3.8) is 0 Å². The molecule has 13 heteroatoms. The zero-order valence-corrected chi connectivity index (χ0v) is 56.9. The third kappa shape index (κ3) is 8.97. The number of rotatable bonds is 3. The topological polar surface area (TPSA) is 123 Å². The molecule has 0 aromatic carbocycles. The van der Waals surface area contributed by atoms with Crippen LogP contribution in [0.1, 0.15) is 185 Å². The van der Waals surface area contributed by atoms with Crippen LogP contribution in [0.25, 0.3) is 10.6 Å². The Bertz CT molecular complexity index is 2100. The van der Waals surface area contributed by atoms with Gasteiger partial charge in [-0.1, -0.05) is 115 Å². The van der Waals surface area contributed by atoms with Crippen LogP contribution in [0, 0.1) is 79.8 Å². The van der Waals surface area contributed by atoms with Gasteiger partial charge < -0.3 is 25.5 Å². The molecule has 0 bridgehead atoms. The molecule has 6 heterocycles. The number of hydrogen-bond acceptors (Lipinski definition) is 8. The maximum atomic E-state index is 13.1. The summed E-state index contributed by atoms with van der Waals surface area (Å²) in [6.45, 7) is 59.4. The molecule has 1 unspecified atom stereocenters. The number of likely N-dealkylation sites (tertiary alicyclic amines) is 3. The molecule has 9 fully saturated rings. The van der Waals surface area contributed by atoms with Crippen LogP contribution in [0.3, 0.4) is 0 Å². The molecule has 0 N–H and O–H groups in total. The Hall–Kier alpha value is 0.0847. The van der Waals surface area contributed by atoms with E-state index in [1.165, 1.54) is 0 Å². The second-order valence-corrected chi connectivity index (χ2v) is 33.9. The molecule has 10 nitrogen and oxygen atoms in total. The summed E-state index contributed by atoms with van der Waals surface area (Å²) in [5.41, 5.74) is 0.859. The summed E-state index contributed by atoms with van der Waals surface area (Å²) < 4.78 is 23.9. The van der Waals surface area contributed by atoms with Crippen molar-refractivity contribution in [3.8, 4) is 0 Å². The molecule has 9 rings (SSSR count). The second kappa shape index (κ2) is 18.6. The van der Waals surface area contributed by atoms with Crippen molar-refractivity contribution in [1.29, 1.82) is 0 Å². The number of Topliss-reactive ketones (excluding diaryl/α,β-unsaturated/α-hetero) is 3. The number of nitrogens with zero attached hydrogens (tertiary/aromatic N) is 5. The van der Waals surface area contributed by atoms with Gasteiger partial charge in [-0.3, -0.25) is 29.1 Å². The van der Waals surface area contributed by atoms with Crippen molar-refractivity contribution in [1.82, 2.24) is 14.7 Å². The monoisotopic (exact) mass is 1370 g/mol. The van der Waals surface area contributed by atoms with Gasteiger partial charge >= 0.3 is 0 Å². The van der Waals surface area contributed by atoms with Crippen LogP contribution in [-0.4, -0.2) is 133 Å². The van der Waals surface area contributed by atoms with Crippen LogP contribution in [0.2, 0.25) is 0 Å². The summed E-state index contributed by atoms with van der Waals surface area (Å²) >= 11 is 0. The van der Waals surface area contributed by atoms with Crippen molar-refractivity contribution >= 4 is 27.2 Å². The van der Waals surface area contributed by atoms with Gasteiger partial charge in [0.15, 0.2) is 27.2 Å². The third-order valence-corrected chi connectivity index (χ3v) is 23.8. The van der Waals surface area contributed by atoms with E-state index in [0.717, 1.165) is 65.1 Å². The maximum absolute atomic E-state index is 13.1. The van der Waals surface area contributed by atoms with Crippen molar-refractivity contribution in [2.75, 3.05) is 57.3 Å². The molecule has 2 radical (unpaired) electrons. The van der Waals surface area contributed by atoms with Gasteiger partial charge in [0.2, 0.25) is 0 Å². The maximum Gasteiger partial charge on any atom is 0.155 e. The van der Waals surface area contributed by atoms with E-state index in [2.05, 4.69) is 171 Å². The molecule has 6 atom stereocenters. The zero-order valence-electron chi connectivity index (χ0n) is 50.7. The Morgan fingerprint density at radius 1 is 0.403 bits per heavy atom. The standard InChI is InChI=1S/2C19H33N2O.C19H33NO3S.2CH3.2Re/c2*1-15(2,3)14(22)13-9-18(12-21(13)16(4,5)6)17(7,8)19(18)10-20-11-19;1-15(2,3)14(21)13-9-18(10-20(13)16(4,5)6)17(7,8)19(18)11-24(22,23)12-19;;;;/h2*13H,9-12H2,1-8H3;13H,9-12H2,1-8H3;2*1H3;;/q2*-1;;2*-1;;/t13-,18+;13-,18-;13-,18?;;;;/m000..../s1. The van der Waals surface area contributed by atoms with E-state index in [-0.39, 0.29) is 129 Å². The quantitative estimate of drug-likeness (QED) is 0.256. The van der Waals surface area contributed by atoms with Crippen molar-refractivity contribution in [2.45, 2.75) is 220 Å². The first-order valence-electron chi connectivity index (χ1n) is 26.5. The molecule has 3 saturated carbocycles. The Morgan fingerprint density at radius 2 is 0.611 bits per heavy atom. The van der Waals surface area contributed by atoms with Crippen LogP contribution in [0.4, 0.5) is 0 Å². The number of hydrogen-bond donors (Lipinski definition) is 0. The minimum absolute atomic E-state index is 0. The average Bonchev–Trinajstić information content (AvgIpc) is 3.56. The molecule has 72 heavy (non-hydrogen) atoms. The van der Waals surface area contributed by atoms with Gasteiger partial charge in [0.25, 0.3) is 0 Å². The van der Waals surface area contributed by atoms with Gasteiger partial charge in [0.1, 0.15) is 0 Å². The predicted octanol–water partition coefficient (Wildman–Crippen LogP) is 11.6. The summed E-state index contributed by atoms with van der Waals surface area (Å²) in [6, 6.07) is 0.0328. The Balaban J connectivity index is 0.000000278. The summed E-state index contributed by atoms with van der Waals surface area (Å²) in [5.74, 6) is 1.72. The Labute approximate surface area is 470 Å². The number of carbonyl (C=O) groups excluding carboxylic acids is 3. The van der Waals surface area contributed by atoms with E-state index in [1.807, 2.05) is 20.8 Å². The van der Waals surface area contributed by atoms with Crippen LogP contribution < -0.4 is 0 Å². The smallest absolute Gasteiger partial charge is 0.155 e. The van der Waals surface area contributed by atoms with E-state index < -0.39 is 9.84 Å². The molecule has 9 aliphatic rings. The minimum Gasteiger partial charge on any atom is -0.661 e. The first kappa shape index (κ1) is 66.4. The fraction of sp³-hybridized carbons (Fsp3) is 0.915. The first-order chi connectivity index (χ1) is 30.1. The predicted molar refractivity (Wildman–Crippen MR) is 292 cm³/mol. The molecule has 420 valence electrons. The van der Waals surface area contributed by atoms with Crippen LogP contribution in [0.5, 0.6) is 0 Å². The summed E-state index contributed by atoms with van der Waals surface area (Å²) in [5, 5.41) is 9.10. The summed E-state index contributed by atoms with van der Waals surface area (Å²) in [7, 11) is -2.88. The van der Waals surface area contributed by atoms with Crippen LogP contribution in [0.15, 0.2) is 0 Å². The summed E-state index contributed by atoms with van der Waals surface area (Å²) in [4.78, 5) is 46.7. The van der Waals surface area contributed by atoms with E-state index in [0.29, 0.717) is 55.6 Å². The minimum atomic E-state index is -2.88.